The van der Waals surface area contributed by atoms with Gasteiger partial charge in [0, 0.05) is 6.42 Å². The molecular formula is C6H10OS2. The predicted octanol–water partition coefficient (Wildman–Crippen LogP) is 2.12. The first-order chi connectivity index (χ1) is 4.34. The van der Waals surface area contributed by atoms with E-state index in [9.17, 15) is 4.79 Å². The maximum Gasteiger partial charge on any atom is 0.146 e. The molecule has 0 aromatic heterocycles. The van der Waals surface area contributed by atoms with E-state index in [0.717, 1.165) is 19.3 Å². The number of carbonyl (C=O) groups excluding carboxylic acids is 1. The number of rotatable bonds is 2. The Kier molecular flexibility index (Phi) is 2.92. The standard InChI is InChI=1S/C6H10OS2/c1-8-9-6-4-2-3-5(6)7/h6H,2-4H2,1H3. The van der Waals surface area contributed by atoms with Gasteiger partial charge in [-0.1, -0.05) is 21.6 Å². The van der Waals surface area contributed by atoms with Crippen molar-refractivity contribution in [3.8, 4) is 0 Å². The molecule has 1 aliphatic rings. The fourth-order valence-corrected chi connectivity index (χ4v) is 3.03. The number of hydrogen-bond acceptors (Lipinski definition) is 3. The Morgan fingerprint density at radius 1 is 1.67 bits per heavy atom. The number of carbonyl (C=O) groups is 1. The Morgan fingerprint density at radius 3 is 2.89 bits per heavy atom. The Balaban J connectivity index is 2.31. The molecule has 0 spiro atoms. The van der Waals surface area contributed by atoms with E-state index in [1.807, 2.05) is 6.26 Å². The molecule has 1 aliphatic carbocycles. The van der Waals surface area contributed by atoms with Crippen molar-refractivity contribution >= 4 is 27.4 Å². The van der Waals surface area contributed by atoms with Crippen molar-refractivity contribution in [3.05, 3.63) is 0 Å². The highest BCUT2D eigenvalue weighted by Gasteiger charge is 2.23. The summed E-state index contributed by atoms with van der Waals surface area (Å²) in [5.41, 5.74) is 0. The molecule has 1 atom stereocenters. The van der Waals surface area contributed by atoms with E-state index in [4.69, 9.17) is 0 Å². The first kappa shape index (κ1) is 7.48. The van der Waals surface area contributed by atoms with Crippen LogP contribution in [-0.2, 0) is 4.79 Å². The molecule has 1 unspecified atom stereocenters. The summed E-state index contributed by atoms with van der Waals surface area (Å²) in [6.07, 6.45) is 5.05. The number of ketones is 1. The van der Waals surface area contributed by atoms with Gasteiger partial charge in [0.05, 0.1) is 5.25 Å². The van der Waals surface area contributed by atoms with Crippen molar-refractivity contribution in [2.45, 2.75) is 24.5 Å². The van der Waals surface area contributed by atoms with Gasteiger partial charge in [-0.2, -0.15) is 0 Å². The minimum atomic E-state index is 0.319. The van der Waals surface area contributed by atoms with Gasteiger partial charge in [-0.25, -0.2) is 0 Å². The van der Waals surface area contributed by atoms with Gasteiger partial charge in [0.1, 0.15) is 5.78 Å². The maximum atomic E-state index is 10.9. The molecule has 0 N–H and O–H groups in total. The summed E-state index contributed by atoms with van der Waals surface area (Å²) in [6.45, 7) is 0. The van der Waals surface area contributed by atoms with Crippen molar-refractivity contribution in [2.75, 3.05) is 6.26 Å². The van der Waals surface area contributed by atoms with Crippen LogP contribution in [0.4, 0.5) is 0 Å². The van der Waals surface area contributed by atoms with Crippen LogP contribution in [-0.4, -0.2) is 17.3 Å². The summed E-state index contributed by atoms with van der Waals surface area (Å²) in [6, 6.07) is 0. The molecule has 0 amide bonds. The van der Waals surface area contributed by atoms with Crippen LogP contribution in [0.25, 0.3) is 0 Å². The second-order valence-corrected chi connectivity index (χ2v) is 4.78. The summed E-state index contributed by atoms with van der Waals surface area (Å²) in [7, 11) is 3.41. The van der Waals surface area contributed by atoms with Gasteiger partial charge >= 0.3 is 0 Å². The molecule has 0 bridgehead atoms. The zero-order valence-corrected chi connectivity index (χ0v) is 7.06. The van der Waals surface area contributed by atoms with E-state index in [2.05, 4.69) is 0 Å². The minimum absolute atomic E-state index is 0.319. The van der Waals surface area contributed by atoms with Crippen LogP contribution >= 0.6 is 21.6 Å². The lowest BCUT2D eigenvalue weighted by Crippen LogP contribution is -2.05. The Bertz CT molecular complexity index is 114. The average Bonchev–Trinajstić information content (AvgIpc) is 2.18. The molecule has 52 valence electrons. The molecule has 0 aliphatic heterocycles. The van der Waals surface area contributed by atoms with E-state index in [0.29, 0.717) is 11.0 Å². The van der Waals surface area contributed by atoms with Gasteiger partial charge in [-0.05, 0) is 19.1 Å². The highest BCUT2D eigenvalue weighted by atomic mass is 33.1. The smallest absolute Gasteiger partial charge is 0.146 e. The topological polar surface area (TPSA) is 17.1 Å². The third-order valence-electron chi connectivity index (χ3n) is 1.46. The van der Waals surface area contributed by atoms with Crippen LogP contribution in [0.3, 0.4) is 0 Å². The summed E-state index contributed by atoms with van der Waals surface area (Å²) >= 11 is 0. The third kappa shape index (κ3) is 1.90. The fourth-order valence-electron chi connectivity index (χ4n) is 1.00. The summed E-state index contributed by atoms with van der Waals surface area (Å²) in [5, 5.41) is 0.319. The second-order valence-electron chi connectivity index (χ2n) is 2.11. The summed E-state index contributed by atoms with van der Waals surface area (Å²) in [5.74, 6) is 0.453. The van der Waals surface area contributed by atoms with Gasteiger partial charge in [-0.15, -0.1) is 0 Å². The molecule has 1 fully saturated rings. The fraction of sp³-hybridized carbons (Fsp3) is 0.833. The van der Waals surface area contributed by atoms with Gasteiger partial charge in [-0.3, -0.25) is 4.79 Å². The largest absolute Gasteiger partial charge is 0.298 e. The van der Waals surface area contributed by atoms with Gasteiger partial charge in [0.2, 0.25) is 0 Å². The van der Waals surface area contributed by atoms with Crippen molar-refractivity contribution in [1.82, 2.24) is 0 Å². The quantitative estimate of drug-likeness (QED) is 0.579. The van der Waals surface area contributed by atoms with Gasteiger partial charge in [0.25, 0.3) is 0 Å². The van der Waals surface area contributed by atoms with E-state index < -0.39 is 0 Å². The SMILES string of the molecule is CSSC1CCCC1=O. The summed E-state index contributed by atoms with van der Waals surface area (Å²) in [4.78, 5) is 10.9. The molecule has 1 saturated carbocycles. The van der Waals surface area contributed by atoms with E-state index in [-0.39, 0.29) is 0 Å². The highest BCUT2D eigenvalue weighted by molar-refractivity contribution is 8.76. The van der Waals surface area contributed by atoms with Crippen molar-refractivity contribution in [2.24, 2.45) is 0 Å². The van der Waals surface area contributed by atoms with E-state index >= 15 is 0 Å². The normalized spacial score (nSPS) is 27.2. The van der Waals surface area contributed by atoms with Crippen LogP contribution in [0, 0.1) is 0 Å². The van der Waals surface area contributed by atoms with E-state index in [1.54, 1.807) is 21.6 Å². The Morgan fingerprint density at radius 2 is 2.44 bits per heavy atom. The zero-order chi connectivity index (χ0) is 6.69. The molecule has 0 saturated heterocycles. The number of hydrogen-bond donors (Lipinski definition) is 0. The minimum Gasteiger partial charge on any atom is -0.298 e. The van der Waals surface area contributed by atoms with Crippen LogP contribution in [0.2, 0.25) is 0 Å². The first-order valence-electron chi connectivity index (χ1n) is 3.07. The lowest BCUT2D eigenvalue weighted by molar-refractivity contribution is -0.116. The van der Waals surface area contributed by atoms with Crippen molar-refractivity contribution in [1.29, 1.82) is 0 Å². The predicted molar refractivity (Wildman–Crippen MR) is 43.8 cm³/mol. The average molecular weight is 162 g/mol. The molecule has 3 heteroatoms. The molecule has 0 radical (unpaired) electrons. The second kappa shape index (κ2) is 3.52. The Hall–Kier alpha value is 0.370. The lowest BCUT2D eigenvalue weighted by atomic mass is 10.3. The molecule has 0 aromatic carbocycles. The maximum absolute atomic E-state index is 10.9. The van der Waals surface area contributed by atoms with Crippen molar-refractivity contribution in [3.63, 3.8) is 0 Å². The molecular weight excluding hydrogens is 152 g/mol. The summed E-state index contributed by atoms with van der Waals surface area (Å²) < 4.78 is 0. The van der Waals surface area contributed by atoms with Gasteiger partial charge < -0.3 is 0 Å². The van der Waals surface area contributed by atoms with Crippen LogP contribution in [0.1, 0.15) is 19.3 Å². The van der Waals surface area contributed by atoms with Crippen LogP contribution in [0.15, 0.2) is 0 Å². The molecule has 0 heterocycles. The van der Waals surface area contributed by atoms with Crippen LogP contribution in [0.5, 0.6) is 0 Å². The highest BCUT2D eigenvalue weighted by Crippen LogP contribution is 2.32. The monoisotopic (exact) mass is 162 g/mol. The lowest BCUT2D eigenvalue weighted by Gasteiger charge is -2.01. The molecule has 0 aromatic rings. The van der Waals surface area contributed by atoms with E-state index in [1.165, 1.54) is 0 Å². The first-order valence-corrected chi connectivity index (χ1v) is 5.69. The molecule has 9 heavy (non-hydrogen) atoms. The van der Waals surface area contributed by atoms with Crippen molar-refractivity contribution < 1.29 is 4.79 Å². The van der Waals surface area contributed by atoms with Gasteiger partial charge in [0.15, 0.2) is 0 Å². The molecule has 1 nitrogen and oxygen atoms in total. The zero-order valence-electron chi connectivity index (χ0n) is 5.42. The third-order valence-corrected chi connectivity index (χ3v) is 3.66. The van der Waals surface area contributed by atoms with Crippen LogP contribution < -0.4 is 0 Å². The molecule has 1 rings (SSSR count). The Labute approximate surface area is 63.4 Å². The number of Topliss-reactive ketones (excluding diaryl/α,β-unsaturated/α-hetero) is 1.